The summed E-state index contributed by atoms with van der Waals surface area (Å²) in [5.74, 6) is 1.00. The van der Waals surface area contributed by atoms with E-state index in [-0.39, 0.29) is 31.2 Å². The molecule has 8 heteroatoms. The highest BCUT2D eigenvalue weighted by Crippen LogP contribution is 2.15. The van der Waals surface area contributed by atoms with Crippen LogP contribution in [0.25, 0.3) is 0 Å². The van der Waals surface area contributed by atoms with Crippen molar-refractivity contribution >= 4 is 5.91 Å². The Morgan fingerprint density at radius 1 is 1.46 bits per heavy atom. The predicted molar refractivity (Wildman–Crippen MR) is 85.2 cm³/mol. The van der Waals surface area contributed by atoms with Crippen LogP contribution in [0.15, 0.2) is 30.3 Å². The highest BCUT2D eigenvalue weighted by Gasteiger charge is 2.23. The number of carbonyl (C=O) groups is 1. The van der Waals surface area contributed by atoms with E-state index in [1.54, 1.807) is 0 Å². The molecule has 128 valence electrons. The van der Waals surface area contributed by atoms with Crippen molar-refractivity contribution < 1.29 is 14.3 Å². The molecule has 1 amide bonds. The van der Waals surface area contributed by atoms with Gasteiger partial charge < -0.3 is 14.8 Å². The van der Waals surface area contributed by atoms with Gasteiger partial charge in [0.05, 0.1) is 12.1 Å². The normalized spacial score (nSPS) is 18.3. The molecule has 1 aliphatic rings. The molecule has 8 nitrogen and oxygen atoms in total. The van der Waals surface area contributed by atoms with Crippen LogP contribution < -0.4 is 10.1 Å². The lowest BCUT2D eigenvalue weighted by molar-refractivity contribution is -0.123. The van der Waals surface area contributed by atoms with Crippen molar-refractivity contribution in [2.45, 2.75) is 45.1 Å². The van der Waals surface area contributed by atoms with E-state index in [0.717, 1.165) is 25.2 Å². The van der Waals surface area contributed by atoms with Gasteiger partial charge in [-0.2, -0.15) is 4.80 Å². The highest BCUT2D eigenvalue weighted by molar-refractivity contribution is 5.75. The third-order valence-corrected chi connectivity index (χ3v) is 3.80. The minimum absolute atomic E-state index is 0.0232. The summed E-state index contributed by atoms with van der Waals surface area (Å²) < 4.78 is 11.1. The first-order chi connectivity index (χ1) is 11.7. The number of amides is 1. The van der Waals surface area contributed by atoms with E-state index >= 15 is 0 Å². The monoisotopic (exact) mass is 331 g/mol. The number of nitrogens with zero attached hydrogens (tertiary/aromatic N) is 4. The number of para-hydroxylation sites is 1. The number of tetrazole rings is 1. The Bertz CT molecular complexity index is 655. The summed E-state index contributed by atoms with van der Waals surface area (Å²) in [6.07, 6.45) is 2.11. The standard InChI is InChI=1S/C16H21N5O3/c1-12(14-8-5-9-23-14)17-16(22)10-21-19-15(18-20-21)11-24-13-6-3-2-4-7-13/h2-4,6-7,12,14H,5,8-11H2,1H3,(H,17,22)/t12-,14-/m0/s1. The van der Waals surface area contributed by atoms with Gasteiger partial charge in [0.1, 0.15) is 12.3 Å². The lowest BCUT2D eigenvalue weighted by atomic mass is 10.1. The van der Waals surface area contributed by atoms with Crippen molar-refractivity contribution in [3.05, 3.63) is 36.2 Å². The van der Waals surface area contributed by atoms with Crippen molar-refractivity contribution in [2.24, 2.45) is 0 Å². The zero-order valence-electron chi connectivity index (χ0n) is 13.6. The second-order valence-corrected chi connectivity index (χ2v) is 5.75. The highest BCUT2D eigenvalue weighted by atomic mass is 16.5. The molecule has 2 aromatic rings. The Morgan fingerprint density at radius 2 is 2.29 bits per heavy atom. The fourth-order valence-electron chi connectivity index (χ4n) is 2.58. The summed E-state index contributed by atoms with van der Waals surface area (Å²) >= 11 is 0. The molecule has 2 atom stereocenters. The number of carbonyl (C=O) groups excluding carboxylic acids is 1. The SMILES string of the molecule is C[C@H](NC(=O)Cn1nnc(COc2ccccc2)n1)[C@@H]1CCCO1. The Labute approximate surface area is 140 Å². The fourth-order valence-corrected chi connectivity index (χ4v) is 2.58. The van der Waals surface area contributed by atoms with Gasteiger partial charge in [-0.05, 0) is 37.1 Å². The van der Waals surface area contributed by atoms with E-state index in [1.807, 2.05) is 37.3 Å². The molecule has 0 aliphatic carbocycles. The first-order valence-corrected chi connectivity index (χ1v) is 8.06. The van der Waals surface area contributed by atoms with Gasteiger partial charge in [0.2, 0.25) is 11.7 Å². The number of rotatable bonds is 7. The largest absolute Gasteiger partial charge is 0.485 e. The van der Waals surface area contributed by atoms with E-state index in [2.05, 4.69) is 20.7 Å². The molecule has 0 unspecified atom stereocenters. The predicted octanol–water partition coefficient (Wildman–Crippen LogP) is 0.936. The van der Waals surface area contributed by atoms with Crippen LogP contribution in [0.2, 0.25) is 0 Å². The Kier molecular flexibility index (Phi) is 5.37. The lowest BCUT2D eigenvalue weighted by Crippen LogP contribution is -2.42. The van der Waals surface area contributed by atoms with E-state index in [9.17, 15) is 4.79 Å². The van der Waals surface area contributed by atoms with Crippen LogP contribution in [-0.2, 0) is 22.7 Å². The molecule has 1 aliphatic heterocycles. The van der Waals surface area contributed by atoms with Crippen molar-refractivity contribution in [2.75, 3.05) is 6.61 Å². The molecule has 1 aromatic heterocycles. The quantitative estimate of drug-likeness (QED) is 0.812. The summed E-state index contributed by atoms with van der Waals surface area (Å²) in [6, 6.07) is 9.37. The second-order valence-electron chi connectivity index (χ2n) is 5.75. The van der Waals surface area contributed by atoms with Crippen LogP contribution in [0.1, 0.15) is 25.6 Å². The van der Waals surface area contributed by atoms with E-state index in [1.165, 1.54) is 4.80 Å². The minimum atomic E-state index is -0.161. The molecular formula is C16H21N5O3. The first-order valence-electron chi connectivity index (χ1n) is 8.06. The van der Waals surface area contributed by atoms with Crippen LogP contribution in [0.4, 0.5) is 0 Å². The van der Waals surface area contributed by atoms with Crippen molar-refractivity contribution in [3.63, 3.8) is 0 Å². The fraction of sp³-hybridized carbons (Fsp3) is 0.500. The molecule has 2 heterocycles. The number of benzene rings is 1. The van der Waals surface area contributed by atoms with E-state index < -0.39 is 0 Å². The summed E-state index contributed by atoms with van der Waals surface area (Å²) in [5, 5.41) is 14.8. The number of ether oxygens (including phenoxy) is 2. The second kappa shape index (κ2) is 7.87. The average Bonchev–Trinajstić information content (AvgIpc) is 3.25. The Hall–Kier alpha value is -2.48. The van der Waals surface area contributed by atoms with Gasteiger partial charge >= 0.3 is 0 Å². The van der Waals surface area contributed by atoms with Crippen molar-refractivity contribution in [1.29, 1.82) is 0 Å². The molecule has 1 fully saturated rings. The van der Waals surface area contributed by atoms with Gasteiger partial charge in [0.15, 0.2) is 6.61 Å². The van der Waals surface area contributed by atoms with Crippen LogP contribution in [0.3, 0.4) is 0 Å². The number of hydrogen-bond acceptors (Lipinski definition) is 6. The van der Waals surface area contributed by atoms with Crippen molar-refractivity contribution in [1.82, 2.24) is 25.5 Å². The number of hydrogen-bond donors (Lipinski definition) is 1. The molecule has 3 rings (SSSR count). The maximum atomic E-state index is 12.0. The van der Waals surface area contributed by atoms with Gasteiger partial charge in [-0.1, -0.05) is 18.2 Å². The van der Waals surface area contributed by atoms with Gasteiger partial charge in [-0.15, -0.1) is 10.2 Å². The first kappa shape index (κ1) is 16.4. The zero-order chi connectivity index (χ0) is 16.8. The summed E-state index contributed by atoms with van der Waals surface area (Å²) in [6.45, 7) is 2.94. The number of aromatic nitrogens is 4. The van der Waals surface area contributed by atoms with Crippen LogP contribution >= 0.6 is 0 Å². The minimum Gasteiger partial charge on any atom is -0.485 e. The third-order valence-electron chi connectivity index (χ3n) is 3.80. The topological polar surface area (TPSA) is 91.2 Å². The Balaban J connectivity index is 1.45. The molecule has 24 heavy (non-hydrogen) atoms. The third kappa shape index (κ3) is 4.51. The van der Waals surface area contributed by atoms with Gasteiger partial charge in [0.25, 0.3) is 0 Å². The molecule has 1 aromatic carbocycles. The van der Waals surface area contributed by atoms with Gasteiger partial charge in [-0.3, -0.25) is 4.79 Å². The van der Waals surface area contributed by atoms with E-state index in [4.69, 9.17) is 9.47 Å². The van der Waals surface area contributed by atoms with Gasteiger partial charge in [-0.25, -0.2) is 0 Å². The number of nitrogens with one attached hydrogen (secondary N) is 1. The molecule has 0 radical (unpaired) electrons. The maximum Gasteiger partial charge on any atom is 0.243 e. The summed E-state index contributed by atoms with van der Waals surface area (Å²) in [7, 11) is 0. The maximum absolute atomic E-state index is 12.0. The average molecular weight is 331 g/mol. The molecular weight excluding hydrogens is 310 g/mol. The molecule has 0 saturated carbocycles. The Morgan fingerprint density at radius 3 is 3.04 bits per heavy atom. The van der Waals surface area contributed by atoms with Gasteiger partial charge in [0, 0.05) is 6.61 Å². The molecule has 1 N–H and O–H groups in total. The molecule has 0 bridgehead atoms. The lowest BCUT2D eigenvalue weighted by Gasteiger charge is -2.19. The van der Waals surface area contributed by atoms with E-state index in [0.29, 0.717) is 5.82 Å². The van der Waals surface area contributed by atoms with Crippen LogP contribution in [-0.4, -0.2) is 44.9 Å². The summed E-state index contributed by atoms with van der Waals surface area (Å²) in [5.41, 5.74) is 0. The zero-order valence-corrected chi connectivity index (χ0v) is 13.6. The molecule has 1 saturated heterocycles. The molecule has 0 spiro atoms. The van der Waals surface area contributed by atoms with Crippen LogP contribution in [0, 0.1) is 0 Å². The van der Waals surface area contributed by atoms with Crippen LogP contribution in [0.5, 0.6) is 5.75 Å². The summed E-state index contributed by atoms with van der Waals surface area (Å²) in [4.78, 5) is 13.3. The smallest absolute Gasteiger partial charge is 0.243 e. The van der Waals surface area contributed by atoms with Crippen molar-refractivity contribution in [3.8, 4) is 5.75 Å².